The predicted molar refractivity (Wildman–Crippen MR) is 156 cm³/mol. The Morgan fingerprint density at radius 1 is 1.00 bits per heavy atom. The first kappa shape index (κ1) is 35.6. The molecule has 3 aliphatic heterocycles. The molecule has 3 aliphatic carbocycles. The van der Waals surface area contributed by atoms with Crippen molar-refractivity contribution in [3.05, 3.63) is 11.6 Å². The first-order chi connectivity index (χ1) is 22.5. The van der Waals surface area contributed by atoms with E-state index in [4.69, 9.17) is 28.4 Å². The predicted octanol–water partition coefficient (Wildman–Crippen LogP) is -2.70. The van der Waals surface area contributed by atoms with Gasteiger partial charge in [0.1, 0.15) is 36.6 Å². The molecule has 6 aliphatic rings. The molecule has 0 amide bonds. The largest absolute Gasteiger partial charge is 0.467 e. The fourth-order valence-electron chi connectivity index (χ4n) is 10.3. The van der Waals surface area contributed by atoms with Crippen molar-refractivity contribution in [2.24, 2.45) is 34.5 Å². The van der Waals surface area contributed by atoms with Gasteiger partial charge in [0.2, 0.25) is 11.7 Å². The van der Waals surface area contributed by atoms with Crippen molar-refractivity contribution in [3.8, 4) is 0 Å². The molecule has 6 rings (SSSR count). The summed E-state index contributed by atoms with van der Waals surface area (Å²) in [5, 5.41) is 76.4. The van der Waals surface area contributed by atoms with Gasteiger partial charge >= 0.3 is 17.9 Å². The smallest absolute Gasteiger partial charge is 0.348 e. The molecule has 0 aromatic carbocycles. The van der Waals surface area contributed by atoms with Crippen molar-refractivity contribution in [3.63, 3.8) is 0 Å². The van der Waals surface area contributed by atoms with Gasteiger partial charge in [-0.25, -0.2) is 14.4 Å². The van der Waals surface area contributed by atoms with E-state index in [1.54, 1.807) is 20.8 Å². The quantitative estimate of drug-likeness (QED) is 0.0650. The molecule has 2 unspecified atom stereocenters. The highest BCUT2D eigenvalue weighted by atomic mass is 16.7. The minimum Gasteiger partial charge on any atom is -0.467 e. The molecule has 6 fully saturated rings. The number of aliphatic hydroxyl groups excluding tert-OH is 7. The summed E-state index contributed by atoms with van der Waals surface area (Å²) in [5.74, 6) is -6.29. The lowest BCUT2D eigenvalue weighted by atomic mass is 9.37. The number of ether oxygens (including phenoxy) is 6. The number of carbonyl (C=O) groups excluding carboxylic acids is 3. The third-order valence-electron chi connectivity index (χ3n) is 12.2. The van der Waals surface area contributed by atoms with Crippen molar-refractivity contribution in [2.45, 2.75) is 113 Å². The number of aliphatic hydroxyl groups is 7. The zero-order chi connectivity index (χ0) is 35.2. The lowest BCUT2D eigenvalue weighted by Gasteiger charge is -2.69. The Hall–Kier alpha value is -2.25. The molecule has 7 N–H and O–H groups in total. The van der Waals surface area contributed by atoms with Crippen molar-refractivity contribution >= 4 is 17.9 Å². The number of carbonyl (C=O) groups is 3. The van der Waals surface area contributed by atoms with Crippen LogP contribution in [-0.4, -0.2) is 147 Å². The van der Waals surface area contributed by atoms with Gasteiger partial charge in [-0.05, 0) is 43.9 Å². The summed E-state index contributed by atoms with van der Waals surface area (Å²) >= 11 is 0. The van der Waals surface area contributed by atoms with E-state index in [1.165, 1.54) is 6.08 Å². The molecule has 0 radical (unpaired) electrons. The van der Waals surface area contributed by atoms with E-state index in [-0.39, 0.29) is 19.4 Å². The van der Waals surface area contributed by atoms with Crippen molar-refractivity contribution < 1.29 is 78.6 Å². The third kappa shape index (κ3) is 4.75. The second-order valence-electron chi connectivity index (χ2n) is 14.9. The Balaban J connectivity index is 1.43. The van der Waals surface area contributed by atoms with E-state index in [0.29, 0.717) is 5.57 Å². The fourth-order valence-corrected chi connectivity index (χ4v) is 10.3. The van der Waals surface area contributed by atoms with Gasteiger partial charge in [0, 0.05) is 17.4 Å². The van der Waals surface area contributed by atoms with Crippen molar-refractivity contribution in [1.82, 2.24) is 0 Å². The number of allylic oxidation sites excluding steroid dienone is 1. The molecule has 3 saturated carbocycles. The average molecular weight is 687 g/mol. The fraction of sp³-hybridized carbons (Fsp3) is 0.844. The standard InChI is InChI=1S/C32H46O16/c1-11(2)6-17(34)48-23-25-31-10-44-32(25,29(42)43-5)26(40)22(39)24(31)30(4)8-14(18(35)12(3)13(30)7-16(31)47-27(23)41)45-28-21(38)20(37)19(36)15(9-33)46-28/h6,12-16,18-26,28,33,35-40H,7-10H2,1-5H3/t12-,13-,14+,15+,16+,18-,19+,20-,21+,22?,23+,24?,25+,26-,28+,30-,31+,32-/m0/s1. The topological polar surface area (TPSA) is 248 Å². The van der Waals surface area contributed by atoms with Crippen LogP contribution in [0.4, 0.5) is 0 Å². The summed E-state index contributed by atoms with van der Waals surface area (Å²) in [6.45, 7) is 5.91. The second-order valence-corrected chi connectivity index (χ2v) is 14.9. The van der Waals surface area contributed by atoms with Gasteiger partial charge in [-0.2, -0.15) is 0 Å². The Kier molecular flexibility index (Phi) is 9.05. The molecule has 270 valence electrons. The maximum atomic E-state index is 13.7. The van der Waals surface area contributed by atoms with Crippen molar-refractivity contribution in [2.75, 3.05) is 20.3 Å². The van der Waals surface area contributed by atoms with Crippen LogP contribution in [0.3, 0.4) is 0 Å². The van der Waals surface area contributed by atoms with Crippen LogP contribution in [0, 0.1) is 34.5 Å². The Labute approximate surface area is 276 Å². The van der Waals surface area contributed by atoms with E-state index >= 15 is 0 Å². The monoisotopic (exact) mass is 686 g/mol. The molecule has 3 saturated heterocycles. The molecular formula is C32H46O16. The Bertz CT molecular complexity index is 1330. The lowest BCUT2D eigenvalue weighted by Crippen LogP contribution is -2.80. The van der Waals surface area contributed by atoms with Crippen LogP contribution in [0.15, 0.2) is 11.6 Å². The zero-order valence-electron chi connectivity index (χ0n) is 27.4. The molecule has 16 heteroatoms. The summed E-state index contributed by atoms with van der Waals surface area (Å²) in [6, 6.07) is 0. The van der Waals surface area contributed by atoms with Gasteiger partial charge < -0.3 is 64.2 Å². The Morgan fingerprint density at radius 2 is 1.69 bits per heavy atom. The van der Waals surface area contributed by atoms with E-state index in [1.807, 2.05) is 6.92 Å². The van der Waals surface area contributed by atoms with E-state index in [2.05, 4.69) is 0 Å². The molecule has 1 spiro atoms. The number of hydrogen-bond acceptors (Lipinski definition) is 16. The van der Waals surface area contributed by atoms with Gasteiger partial charge in [0.15, 0.2) is 6.29 Å². The van der Waals surface area contributed by atoms with Gasteiger partial charge in [-0.1, -0.05) is 19.4 Å². The van der Waals surface area contributed by atoms with Gasteiger partial charge in [-0.15, -0.1) is 0 Å². The number of rotatable bonds is 6. The Morgan fingerprint density at radius 3 is 2.31 bits per heavy atom. The normalized spacial score (nSPS) is 52.3. The minimum absolute atomic E-state index is 0.0186. The highest BCUT2D eigenvalue weighted by Gasteiger charge is 2.85. The summed E-state index contributed by atoms with van der Waals surface area (Å²) in [5.41, 5.74) is -4.17. The second kappa shape index (κ2) is 12.2. The molecule has 2 bridgehead atoms. The van der Waals surface area contributed by atoms with Crippen molar-refractivity contribution in [1.29, 1.82) is 0 Å². The maximum Gasteiger partial charge on any atom is 0.348 e. The molecule has 0 aromatic rings. The zero-order valence-corrected chi connectivity index (χ0v) is 27.4. The molecule has 48 heavy (non-hydrogen) atoms. The summed E-state index contributed by atoms with van der Waals surface area (Å²) in [4.78, 5) is 40.2. The van der Waals surface area contributed by atoms with Crippen LogP contribution in [0.25, 0.3) is 0 Å². The van der Waals surface area contributed by atoms with E-state index < -0.39 is 132 Å². The molecule has 18 atom stereocenters. The number of fused-ring (bicyclic) bond motifs is 2. The highest BCUT2D eigenvalue weighted by Crippen LogP contribution is 2.73. The highest BCUT2D eigenvalue weighted by molar-refractivity contribution is 5.89. The van der Waals surface area contributed by atoms with Gasteiger partial charge in [0.05, 0.1) is 44.6 Å². The number of esters is 3. The molecule has 16 nitrogen and oxygen atoms in total. The third-order valence-corrected chi connectivity index (χ3v) is 12.2. The molecular weight excluding hydrogens is 640 g/mol. The summed E-state index contributed by atoms with van der Waals surface area (Å²) < 4.78 is 34.6. The minimum atomic E-state index is -2.30. The maximum absolute atomic E-state index is 13.7. The molecule has 0 aromatic heterocycles. The number of methoxy groups -OCH3 is 1. The van der Waals surface area contributed by atoms with Crippen LogP contribution in [0.5, 0.6) is 0 Å². The van der Waals surface area contributed by atoms with Crippen LogP contribution < -0.4 is 0 Å². The van der Waals surface area contributed by atoms with Crippen LogP contribution in [0.2, 0.25) is 0 Å². The van der Waals surface area contributed by atoms with E-state index in [9.17, 15) is 50.1 Å². The number of hydrogen-bond donors (Lipinski definition) is 7. The first-order valence-electron chi connectivity index (χ1n) is 16.3. The lowest BCUT2D eigenvalue weighted by molar-refractivity contribution is -0.340. The van der Waals surface area contributed by atoms with Gasteiger partial charge in [-0.3, -0.25) is 0 Å². The molecule has 3 heterocycles. The van der Waals surface area contributed by atoms with Gasteiger partial charge in [0.25, 0.3) is 0 Å². The average Bonchev–Trinajstić information content (AvgIpc) is 3.34. The van der Waals surface area contributed by atoms with Crippen LogP contribution in [0.1, 0.15) is 40.5 Å². The summed E-state index contributed by atoms with van der Waals surface area (Å²) in [7, 11) is 1.07. The van der Waals surface area contributed by atoms with E-state index in [0.717, 1.165) is 7.11 Å². The first-order valence-corrected chi connectivity index (χ1v) is 16.3. The van der Waals surface area contributed by atoms with Crippen LogP contribution in [-0.2, 0) is 42.8 Å². The SMILES string of the molecule is COC(=O)[C@@]12OC[C@]34C(C(O)[C@@H]1O)[C@@]1(C)C[C@@H](O[C@@H]5O[C@H](CO)[C@@H](O)[C@H](O)[C@H]5O)[C@@H](O)[C@@H](C)[C@@H]1C[C@H]3OC(=O)[C@H](OC(=O)C=C(C)C)[C@@H]24. The summed E-state index contributed by atoms with van der Waals surface area (Å²) in [6.07, 6.45) is -15.2. The van der Waals surface area contributed by atoms with Crippen LogP contribution >= 0.6 is 0 Å².